The quantitative estimate of drug-likeness (QED) is 0.564. The monoisotopic (exact) mass is 327 g/mol. The van der Waals surface area contributed by atoms with E-state index in [-0.39, 0.29) is 5.97 Å². The highest BCUT2D eigenvalue weighted by Gasteiger charge is 2.01. The highest BCUT2D eigenvalue weighted by molar-refractivity contribution is 5.69. The maximum absolute atomic E-state index is 11.2. The van der Waals surface area contributed by atoms with Gasteiger partial charge in [0.25, 0.3) is 0 Å². The first-order valence-electron chi connectivity index (χ1n) is 8.31. The van der Waals surface area contributed by atoms with Gasteiger partial charge in [0.05, 0.1) is 13.0 Å². The molecule has 0 bridgehead atoms. The van der Waals surface area contributed by atoms with E-state index < -0.39 is 0 Å². The first kappa shape index (κ1) is 18.0. The average Bonchev–Trinajstić information content (AvgIpc) is 2.59. The van der Waals surface area contributed by atoms with Gasteiger partial charge in [0.2, 0.25) is 0 Å². The number of carbonyl (C=O) groups is 1. The van der Waals surface area contributed by atoms with Crippen molar-refractivity contribution in [3.63, 3.8) is 0 Å². The van der Waals surface area contributed by atoms with E-state index in [1.165, 1.54) is 5.56 Å². The van der Waals surface area contributed by atoms with Gasteiger partial charge < -0.3 is 14.8 Å². The fourth-order valence-electron chi connectivity index (χ4n) is 2.21. The molecule has 4 nitrogen and oxygen atoms in total. The van der Waals surface area contributed by atoms with Gasteiger partial charge in [-0.15, -0.1) is 0 Å². The van der Waals surface area contributed by atoms with Crippen LogP contribution >= 0.6 is 0 Å². The Morgan fingerprint density at radius 3 is 2.33 bits per heavy atom. The minimum atomic E-state index is -0.162. The Hall–Kier alpha value is -2.33. The third-order valence-electron chi connectivity index (χ3n) is 3.59. The van der Waals surface area contributed by atoms with E-state index in [9.17, 15) is 4.79 Å². The van der Waals surface area contributed by atoms with Crippen molar-refractivity contribution in [2.45, 2.75) is 33.4 Å². The van der Waals surface area contributed by atoms with Crippen molar-refractivity contribution in [2.75, 3.05) is 13.2 Å². The Bertz CT molecular complexity index is 620. The minimum Gasteiger partial charge on any atom is -0.489 e. The van der Waals surface area contributed by atoms with Crippen molar-refractivity contribution >= 4 is 5.97 Å². The first-order chi connectivity index (χ1) is 11.7. The predicted molar refractivity (Wildman–Crippen MR) is 94.9 cm³/mol. The molecule has 2 rings (SSSR count). The van der Waals surface area contributed by atoms with Gasteiger partial charge in [0, 0.05) is 13.1 Å². The molecule has 2 aromatic rings. The molecule has 0 spiro atoms. The van der Waals surface area contributed by atoms with E-state index in [4.69, 9.17) is 9.47 Å². The Morgan fingerprint density at radius 1 is 1.00 bits per heavy atom. The average molecular weight is 327 g/mol. The molecule has 0 aliphatic rings. The Morgan fingerprint density at radius 2 is 1.67 bits per heavy atom. The summed E-state index contributed by atoms with van der Waals surface area (Å²) < 4.78 is 10.7. The molecule has 0 saturated carbocycles. The molecule has 4 heteroatoms. The summed E-state index contributed by atoms with van der Waals surface area (Å²) in [6.45, 7) is 6.22. The number of aryl methyl sites for hydroxylation is 1. The number of carbonyl (C=O) groups excluding carboxylic acids is 1. The molecule has 0 amide bonds. The van der Waals surface area contributed by atoms with Gasteiger partial charge in [-0.3, -0.25) is 4.79 Å². The van der Waals surface area contributed by atoms with Crippen LogP contribution in [-0.4, -0.2) is 19.1 Å². The zero-order valence-electron chi connectivity index (χ0n) is 14.4. The smallest absolute Gasteiger partial charge is 0.307 e. The van der Waals surface area contributed by atoms with E-state index >= 15 is 0 Å². The molecule has 0 radical (unpaired) electrons. The van der Waals surface area contributed by atoms with Crippen molar-refractivity contribution in [1.29, 1.82) is 0 Å². The normalized spacial score (nSPS) is 10.4. The van der Waals surface area contributed by atoms with Gasteiger partial charge >= 0.3 is 5.97 Å². The topological polar surface area (TPSA) is 47.6 Å². The molecular formula is C20H25NO3. The minimum absolute atomic E-state index is 0.162. The largest absolute Gasteiger partial charge is 0.489 e. The van der Waals surface area contributed by atoms with E-state index in [1.807, 2.05) is 31.2 Å². The van der Waals surface area contributed by atoms with Crippen LogP contribution < -0.4 is 10.1 Å². The van der Waals surface area contributed by atoms with Gasteiger partial charge in [-0.25, -0.2) is 0 Å². The van der Waals surface area contributed by atoms with Crippen molar-refractivity contribution in [3.8, 4) is 5.75 Å². The van der Waals surface area contributed by atoms with Crippen LogP contribution in [0.2, 0.25) is 0 Å². The molecule has 1 N–H and O–H groups in total. The first-order valence-corrected chi connectivity index (χ1v) is 8.31. The Balaban J connectivity index is 1.70. The molecule has 0 heterocycles. The van der Waals surface area contributed by atoms with Crippen LogP contribution in [0.15, 0.2) is 48.5 Å². The molecule has 0 fully saturated rings. The summed E-state index contributed by atoms with van der Waals surface area (Å²) in [5.74, 6) is 0.690. The number of hydrogen-bond donors (Lipinski definition) is 1. The summed E-state index contributed by atoms with van der Waals surface area (Å²) in [4.78, 5) is 11.2. The van der Waals surface area contributed by atoms with E-state index in [0.717, 1.165) is 23.4 Å². The third-order valence-corrected chi connectivity index (χ3v) is 3.59. The lowest BCUT2D eigenvalue weighted by molar-refractivity contribution is -0.142. The van der Waals surface area contributed by atoms with E-state index in [0.29, 0.717) is 26.2 Å². The lowest BCUT2D eigenvalue weighted by Crippen LogP contribution is -2.18. The molecule has 128 valence electrons. The molecule has 0 aromatic heterocycles. The maximum atomic E-state index is 11.2. The van der Waals surface area contributed by atoms with E-state index in [2.05, 4.69) is 36.5 Å². The second-order valence-electron chi connectivity index (χ2n) is 5.65. The SMILES string of the molecule is CCOC(=O)CCNCc1ccc(OCc2ccc(C)cc2)cc1. The fraction of sp³-hybridized carbons (Fsp3) is 0.350. The van der Waals surface area contributed by atoms with E-state index in [1.54, 1.807) is 0 Å². The highest BCUT2D eigenvalue weighted by atomic mass is 16.5. The molecule has 0 saturated heterocycles. The molecule has 2 aromatic carbocycles. The molecular weight excluding hydrogens is 302 g/mol. The summed E-state index contributed by atoms with van der Waals surface area (Å²) in [6, 6.07) is 16.3. The van der Waals surface area contributed by atoms with Crippen LogP contribution in [0.25, 0.3) is 0 Å². The van der Waals surface area contributed by atoms with Crippen molar-refractivity contribution in [2.24, 2.45) is 0 Å². The Kier molecular flexibility index (Phi) is 7.30. The highest BCUT2D eigenvalue weighted by Crippen LogP contribution is 2.14. The van der Waals surface area contributed by atoms with Gasteiger partial charge in [0.1, 0.15) is 12.4 Å². The maximum Gasteiger partial charge on any atom is 0.307 e. The van der Waals surface area contributed by atoms with Gasteiger partial charge in [-0.2, -0.15) is 0 Å². The summed E-state index contributed by atoms with van der Waals surface area (Å²) >= 11 is 0. The van der Waals surface area contributed by atoms with Gasteiger partial charge in [-0.05, 0) is 37.1 Å². The molecule has 0 unspecified atom stereocenters. The predicted octanol–water partition coefficient (Wildman–Crippen LogP) is 3.62. The zero-order chi connectivity index (χ0) is 17.2. The van der Waals surface area contributed by atoms with Crippen LogP contribution in [0.1, 0.15) is 30.0 Å². The zero-order valence-corrected chi connectivity index (χ0v) is 14.4. The number of ether oxygens (including phenoxy) is 2. The summed E-state index contributed by atoms with van der Waals surface area (Å²) in [5.41, 5.74) is 3.56. The number of benzene rings is 2. The molecule has 0 aliphatic heterocycles. The second-order valence-corrected chi connectivity index (χ2v) is 5.65. The van der Waals surface area contributed by atoms with Crippen molar-refractivity contribution < 1.29 is 14.3 Å². The number of esters is 1. The van der Waals surface area contributed by atoms with Crippen LogP contribution in [0.3, 0.4) is 0 Å². The van der Waals surface area contributed by atoms with Crippen LogP contribution in [-0.2, 0) is 22.7 Å². The fourth-order valence-corrected chi connectivity index (χ4v) is 2.21. The van der Waals surface area contributed by atoms with Crippen LogP contribution in [0.5, 0.6) is 5.75 Å². The number of hydrogen-bond acceptors (Lipinski definition) is 4. The number of nitrogens with one attached hydrogen (secondary N) is 1. The summed E-state index contributed by atoms with van der Waals surface area (Å²) in [7, 11) is 0. The summed E-state index contributed by atoms with van der Waals surface area (Å²) in [5, 5.41) is 3.23. The van der Waals surface area contributed by atoms with Crippen molar-refractivity contribution in [3.05, 3.63) is 65.2 Å². The molecule has 24 heavy (non-hydrogen) atoms. The van der Waals surface area contributed by atoms with Crippen LogP contribution in [0, 0.1) is 6.92 Å². The second kappa shape index (κ2) is 9.73. The molecule has 0 aliphatic carbocycles. The molecule has 0 atom stereocenters. The summed E-state index contributed by atoms with van der Waals surface area (Å²) in [6.07, 6.45) is 0.394. The lowest BCUT2D eigenvalue weighted by Gasteiger charge is -2.08. The standard InChI is InChI=1S/C20H25NO3/c1-3-23-20(22)12-13-21-14-17-8-10-19(11-9-17)24-15-18-6-4-16(2)5-7-18/h4-11,21H,3,12-15H2,1-2H3. The number of rotatable bonds is 9. The lowest BCUT2D eigenvalue weighted by atomic mass is 10.2. The van der Waals surface area contributed by atoms with Gasteiger partial charge in [-0.1, -0.05) is 42.0 Å². The Labute approximate surface area is 143 Å². The van der Waals surface area contributed by atoms with Crippen LogP contribution in [0.4, 0.5) is 0 Å². The van der Waals surface area contributed by atoms with Gasteiger partial charge in [0.15, 0.2) is 0 Å². The third kappa shape index (κ3) is 6.42. The van der Waals surface area contributed by atoms with Crippen molar-refractivity contribution in [1.82, 2.24) is 5.32 Å².